The van der Waals surface area contributed by atoms with Gasteiger partial charge < -0.3 is 19.7 Å². The van der Waals surface area contributed by atoms with Gasteiger partial charge in [0.2, 0.25) is 0 Å². The summed E-state index contributed by atoms with van der Waals surface area (Å²) in [6.45, 7) is 3.06. The van der Waals surface area contributed by atoms with E-state index < -0.39 is 11.8 Å². The number of carbonyl (C=O) groups excluding carboxylic acids is 3. The van der Waals surface area contributed by atoms with Gasteiger partial charge in [-0.2, -0.15) is 0 Å². The minimum Gasteiger partial charge on any atom is -0.358 e. The number of fused-ring (bicyclic) bond motifs is 3. The van der Waals surface area contributed by atoms with Crippen molar-refractivity contribution in [2.75, 3.05) is 39.3 Å². The van der Waals surface area contributed by atoms with Crippen molar-refractivity contribution in [2.45, 2.75) is 38.5 Å². The molecule has 2 aromatic rings. The molecule has 2 saturated heterocycles. The minimum absolute atomic E-state index is 0.00262. The first-order valence-electron chi connectivity index (χ1n) is 11.1. The van der Waals surface area contributed by atoms with E-state index in [1.807, 2.05) is 12.1 Å². The Balaban J connectivity index is 1.29. The van der Waals surface area contributed by atoms with Crippen LogP contribution in [0.2, 0.25) is 0 Å². The number of amides is 3. The zero-order valence-electron chi connectivity index (χ0n) is 17.3. The van der Waals surface area contributed by atoms with Crippen molar-refractivity contribution in [3.05, 3.63) is 35.0 Å². The van der Waals surface area contributed by atoms with Crippen LogP contribution in [0.5, 0.6) is 0 Å². The number of hydrogen-bond acceptors (Lipinski definition) is 3. The molecule has 0 bridgehead atoms. The molecule has 0 saturated carbocycles. The Labute approximate surface area is 176 Å². The number of benzene rings is 1. The maximum Gasteiger partial charge on any atom is 0.312 e. The van der Waals surface area contributed by atoms with Crippen LogP contribution in [0.4, 0.5) is 0 Å². The Bertz CT molecular complexity index is 997. The average Bonchev–Trinajstić information content (AvgIpc) is 3.46. The molecule has 0 atom stereocenters. The summed E-state index contributed by atoms with van der Waals surface area (Å²) in [6.07, 6.45) is 6.44. The lowest BCUT2D eigenvalue weighted by Crippen LogP contribution is -2.54. The van der Waals surface area contributed by atoms with Gasteiger partial charge >= 0.3 is 11.8 Å². The smallest absolute Gasteiger partial charge is 0.312 e. The molecule has 3 aliphatic rings. The van der Waals surface area contributed by atoms with Crippen LogP contribution in [-0.2, 0) is 22.4 Å². The highest BCUT2D eigenvalue weighted by atomic mass is 16.2. The fraction of sp³-hybridized carbons (Fsp3) is 0.522. The predicted octanol–water partition coefficient (Wildman–Crippen LogP) is 1.95. The molecule has 0 radical (unpaired) electrons. The lowest BCUT2D eigenvalue weighted by molar-refractivity contribution is -0.152. The molecule has 3 heterocycles. The minimum atomic E-state index is -0.428. The number of carbonyl (C=O) groups is 3. The van der Waals surface area contributed by atoms with Crippen LogP contribution in [0, 0.1) is 0 Å². The highest BCUT2D eigenvalue weighted by Gasteiger charge is 2.32. The second-order valence-electron chi connectivity index (χ2n) is 8.60. The first-order valence-corrected chi connectivity index (χ1v) is 11.1. The molecule has 5 rings (SSSR count). The SMILES string of the molecule is O=C(C(=O)N1CCN(C(=O)c2cccc3c4c([nH]c23)CCCC4)CC1)N1CCCC1. The van der Waals surface area contributed by atoms with Gasteiger partial charge in [0.05, 0.1) is 11.1 Å². The molecule has 0 spiro atoms. The van der Waals surface area contributed by atoms with E-state index in [9.17, 15) is 14.4 Å². The van der Waals surface area contributed by atoms with E-state index in [1.54, 1.807) is 14.7 Å². The zero-order chi connectivity index (χ0) is 20.7. The van der Waals surface area contributed by atoms with Gasteiger partial charge in [-0.15, -0.1) is 0 Å². The van der Waals surface area contributed by atoms with Crippen molar-refractivity contribution in [2.24, 2.45) is 0 Å². The van der Waals surface area contributed by atoms with Crippen LogP contribution in [-0.4, -0.2) is 76.7 Å². The van der Waals surface area contributed by atoms with Gasteiger partial charge in [-0.05, 0) is 50.2 Å². The highest BCUT2D eigenvalue weighted by Crippen LogP contribution is 2.31. The van der Waals surface area contributed by atoms with Crippen LogP contribution in [0.1, 0.15) is 47.3 Å². The molecule has 1 aromatic carbocycles. The van der Waals surface area contributed by atoms with Crippen molar-refractivity contribution in [1.82, 2.24) is 19.7 Å². The maximum absolute atomic E-state index is 13.3. The molecule has 2 aliphatic heterocycles. The number of hydrogen-bond donors (Lipinski definition) is 1. The van der Waals surface area contributed by atoms with Gasteiger partial charge in [0, 0.05) is 50.3 Å². The van der Waals surface area contributed by atoms with E-state index in [0.29, 0.717) is 44.8 Å². The molecule has 1 N–H and O–H groups in total. The standard InChI is InChI=1S/C23H28N4O3/c28-21(18-8-5-7-17-16-6-1-2-9-19(16)24-20(17)18)26-12-14-27(15-13-26)23(30)22(29)25-10-3-4-11-25/h5,7-8,24H,1-4,6,9-15H2. The molecule has 7 nitrogen and oxygen atoms in total. The molecule has 2 fully saturated rings. The van der Waals surface area contributed by atoms with Crippen molar-refractivity contribution in [3.8, 4) is 0 Å². The quantitative estimate of drug-likeness (QED) is 0.733. The third kappa shape index (κ3) is 3.26. The van der Waals surface area contributed by atoms with Gasteiger partial charge in [-0.1, -0.05) is 12.1 Å². The molecular weight excluding hydrogens is 380 g/mol. The van der Waals surface area contributed by atoms with Crippen molar-refractivity contribution >= 4 is 28.6 Å². The van der Waals surface area contributed by atoms with Crippen LogP contribution in [0.25, 0.3) is 10.9 Å². The van der Waals surface area contributed by atoms with E-state index in [1.165, 1.54) is 29.5 Å². The molecule has 1 aliphatic carbocycles. The summed E-state index contributed by atoms with van der Waals surface area (Å²) in [5, 5.41) is 1.17. The molecular formula is C23H28N4O3. The monoisotopic (exact) mass is 408 g/mol. The molecule has 7 heteroatoms. The summed E-state index contributed by atoms with van der Waals surface area (Å²) in [5.74, 6) is -0.825. The lowest BCUT2D eigenvalue weighted by atomic mass is 9.95. The third-order valence-corrected chi connectivity index (χ3v) is 6.79. The molecule has 158 valence electrons. The first kappa shape index (κ1) is 19.2. The van der Waals surface area contributed by atoms with Crippen molar-refractivity contribution < 1.29 is 14.4 Å². The van der Waals surface area contributed by atoms with E-state index in [-0.39, 0.29) is 5.91 Å². The Kier molecular flexibility index (Phi) is 4.97. The van der Waals surface area contributed by atoms with Crippen LogP contribution < -0.4 is 0 Å². The number of aryl methyl sites for hydroxylation is 2. The number of nitrogens with one attached hydrogen (secondary N) is 1. The van der Waals surface area contributed by atoms with Gasteiger partial charge in [0.15, 0.2) is 0 Å². The van der Waals surface area contributed by atoms with E-state index in [2.05, 4.69) is 11.1 Å². The Morgan fingerprint density at radius 3 is 2.10 bits per heavy atom. The topological polar surface area (TPSA) is 76.7 Å². The molecule has 3 amide bonds. The number of piperazine rings is 1. The lowest BCUT2D eigenvalue weighted by Gasteiger charge is -2.35. The number of H-pyrrole nitrogens is 1. The van der Waals surface area contributed by atoms with Crippen LogP contribution in [0.3, 0.4) is 0 Å². The highest BCUT2D eigenvalue weighted by molar-refractivity contribution is 6.35. The van der Waals surface area contributed by atoms with Crippen molar-refractivity contribution in [1.29, 1.82) is 0 Å². The Morgan fingerprint density at radius 2 is 1.37 bits per heavy atom. The molecule has 30 heavy (non-hydrogen) atoms. The number of para-hydroxylation sites is 1. The van der Waals surface area contributed by atoms with Crippen LogP contribution >= 0.6 is 0 Å². The Morgan fingerprint density at radius 1 is 0.733 bits per heavy atom. The van der Waals surface area contributed by atoms with Crippen molar-refractivity contribution in [3.63, 3.8) is 0 Å². The number of aromatic nitrogens is 1. The second-order valence-corrected chi connectivity index (χ2v) is 8.60. The summed E-state index contributed by atoms with van der Waals surface area (Å²) in [7, 11) is 0. The van der Waals surface area contributed by atoms with Crippen LogP contribution in [0.15, 0.2) is 18.2 Å². The second kappa shape index (κ2) is 7.78. The van der Waals surface area contributed by atoms with E-state index in [4.69, 9.17) is 0 Å². The summed E-state index contributed by atoms with van der Waals surface area (Å²) < 4.78 is 0. The molecule has 1 aromatic heterocycles. The zero-order valence-corrected chi connectivity index (χ0v) is 17.3. The largest absolute Gasteiger partial charge is 0.358 e. The van der Waals surface area contributed by atoms with Gasteiger partial charge in [-0.25, -0.2) is 0 Å². The van der Waals surface area contributed by atoms with Gasteiger partial charge in [-0.3, -0.25) is 14.4 Å². The summed E-state index contributed by atoms with van der Waals surface area (Å²) in [4.78, 5) is 46.8. The van der Waals surface area contributed by atoms with E-state index in [0.717, 1.165) is 31.2 Å². The third-order valence-electron chi connectivity index (χ3n) is 6.79. The fourth-order valence-corrected chi connectivity index (χ4v) is 5.08. The van der Waals surface area contributed by atoms with E-state index >= 15 is 0 Å². The first-order chi connectivity index (χ1) is 14.6. The summed E-state index contributed by atoms with van der Waals surface area (Å²) in [6, 6.07) is 5.96. The average molecular weight is 409 g/mol. The Hall–Kier alpha value is -2.83. The number of rotatable bonds is 1. The predicted molar refractivity (Wildman–Crippen MR) is 113 cm³/mol. The van der Waals surface area contributed by atoms with Gasteiger partial charge in [0.1, 0.15) is 0 Å². The number of likely N-dealkylation sites (tertiary alicyclic amines) is 1. The normalized spacial score (nSPS) is 19.3. The number of nitrogens with zero attached hydrogens (tertiary/aromatic N) is 3. The van der Waals surface area contributed by atoms with Gasteiger partial charge in [0.25, 0.3) is 5.91 Å². The summed E-state index contributed by atoms with van der Waals surface area (Å²) >= 11 is 0. The molecule has 0 unspecified atom stereocenters. The fourth-order valence-electron chi connectivity index (χ4n) is 5.08. The maximum atomic E-state index is 13.3. The summed E-state index contributed by atoms with van der Waals surface area (Å²) in [5.41, 5.74) is 4.28. The number of aromatic amines is 1.